The molecule has 0 fully saturated rings. The zero-order valence-corrected chi connectivity index (χ0v) is 16.8. The molecule has 7 nitrogen and oxygen atoms in total. The predicted octanol–water partition coefficient (Wildman–Crippen LogP) is 4.05. The fourth-order valence-electron chi connectivity index (χ4n) is 2.40. The molecular formula is C21H19ClN2O5. The summed E-state index contributed by atoms with van der Waals surface area (Å²) in [4.78, 5) is 23.8. The van der Waals surface area contributed by atoms with Gasteiger partial charge in [-0.1, -0.05) is 29.8 Å². The summed E-state index contributed by atoms with van der Waals surface area (Å²) >= 11 is 6.06. The Morgan fingerprint density at radius 2 is 1.97 bits per heavy atom. The first kappa shape index (κ1) is 21.8. The van der Waals surface area contributed by atoms with Crippen molar-refractivity contribution < 1.29 is 24.2 Å². The van der Waals surface area contributed by atoms with Crippen molar-refractivity contribution in [2.75, 3.05) is 12.4 Å². The minimum Gasteiger partial charge on any atom is -0.493 e. The highest BCUT2D eigenvalue weighted by molar-refractivity contribution is 6.31. The van der Waals surface area contributed by atoms with Gasteiger partial charge < -0.3 is 19.9 Å². The van der Waals surface area contributed by atoms with E-state index in [0.29, 0.717) is 21.8 Å². The Morgan fingerprint density at radius 3 is 2.59 bits per heavy atom. The molecular weight excluding hydrogens is 396 g/mol. The van der Waals surface area contributed by atoms with Gasteiger partial charge in [0.25, 0.3) is 5.91 Å². The molecule has 8 heteroatoms. The second-order valence-corrected chi connectivity index (χ2v) is 6.42. The van der Waals surface area contributed by atoms with Gasteiger partial charge in [-0.3, -0.25) is 4.79 Å². The molecule has 1 amide bonds. The Bertz CT molecular complexity index is 1010. The van der Waals surface area contributed by atoms with Crippen molar-refractivity contribution >= 4 is 35.2 Å². The van der Waals surface area contributed by atoms with E-state index in [-0.39, 0.29) is 17.1 Å². The van der Waals surface area contributed by atoms with Crippen LogP contribution in [0.15, 0.2) is 42.0 Å². The number of rotatable bonds is 7. The Hall–Kier alpha value is -3.50. The van der Waals surface area contributed by atoms with E-state index < -0.39 is 18.0 Å². The maximum absolute atomic E-state index is 12.6. The molecule has 1 atom stereocenters. The second kappa shape index (κ2) is 9.62. The Kier molecular flexibility index (Phi) is 7.23. The summed E-state index contributed by atoms with van der Waals surface area (Å²) in [6.07, 6.45) is 0.147. The number of anilines is 1. The topological polar surface area (TPSA) is 109 Å². The highest BCUT2D eigenvalue weighted by Crippen LogP contribution is 2.33. The van der Waals surface area contributed by atoms with Crippen LogP contribution >= 0.6 is 11.6 Å². The first-order valence-electron chi connectivity index (χ1n) is 8.53. The number of carbonyl (C=O) groups is 2. The molecule has 0 saturated carbocycles. The number of ether oxygens (including phenoxy) is 2. The van der Waals surface area contributed by atoms with E-state index in [4.69, 9.17) is 26.2 Å². The first-order valence-corrected chi connectivity index (χ1v) is 8.91. The molecule has 29 heavy (non-hydrogen) atoms. The van der Waals surface area contributed by atoms with E-state index in [1.807, 2.05) is 6.07 Å². The predicted molar refractivity (Wildman–Crippen MR) is 109 cm³/mol. The van der Waals surface area contributed by atoms with E-state index >= 15 is 0 Å². The smallest absolute Gasteiger partial charge is 0.344 e. The molecule has 2 aromatic carbocycles. The van der Waals surface area contributed by atoms with E-state index in [2.05, 4.69) is 5.32 Å². The average molecular weight is 415 g/mol. The van der Waals surface area contributed by atoms with Crippen LogP contribution in [0, 0.1) is 18.3 Å². The SMILES string of the molecule is COc1cccc(/C=C(/C#N)C(=O)Nc2cccc(Cl)c2C)c1O[C@@H](C)C(=O)O. The Balaban J connectivity index is 2.42. The number of hydrogen-bond donors (Lipinski definition) is 2. The molecule has 150 valence electrons. The summed E-state index contributed by atoms with van der Waals surface area (Å²) in [7, 11) is 1.40. The van der Waals surface area contributed by atoms with Crippen LogP contribution in [0.4, 0.5) is 5.69 Å². The number of halogens is 1. The van der Waals surface area contributed by atoms with Crippen molar-refractivity contribution in [3.05, 3.63) is 58.1 Å². The van der Waals surface area contributed by atoms with Gasteiger partial charge in [0.2, 0.25) is 0 Å². The molecule has 0 aromatic heterocycles. The zero-order valence-electron chi connectivity index (χ0n) is 16.0. The molecule has 2 N–H and O–H groups in total. The van der Waals surface area contributed by atoms with Gasteiger partial charge in [-0.25, -0.2) is 4.79 Å². The summed E-state index contributed by atoms with van der Waals surface area (Å²) < 4.78 is 10.7. The van der Waals surface area contributed by atoms with Crippen LogP contribution in [0.3, 0.4) is 0 Å². The lowest BCUT2D eigenvalue weighted by Crippen LogP contribution is -2.23. The molecule has 2 rings (SSSR count). The fourth-order valence-corrected chi connectivity index (χ4v) is 2.57. The number of nitriles is 1. The molecule has 0 heterocycles. The molecule has 0 aliphatic rings. The highest BCUT2D eigenvalue weighted by atomic mass is 35.5. The number of amides is 1. The molecule has 0 radical (unpaired) electrons. The van der Waals surface area contributed by atoms with Gasteiger partial charge in [0, 0.05) is 16.3 Å². The fraction of sp³-hybridized carbons (Fsp3) is 0.190. The summed E-state index contributed by atoms with van der Waals surface area (Å²) in [6.45, 7) is 3.11. The molecule has 0 bridgehead atoms. The number of nitrogens with zero attached hydrogens (tertiary/aromatic N) is 1. The van der Waals surface area contributed by atoms with Gasteiger partial charge in [-0.2, -0.15) is 5.26 Å². The van der Waals surface area contributed by atoms with Crippen molar-refractivity contribution in [2.45, 2.75) is 20.0 Å². The number of carboxylic acid groups (broad SMARTS) is 1. The van der Waals surface area contributed by atoms with Gasteiger partial charge >= 0.3 is 5.97 Å². The summed E-state index contributed by atoms with van der Waals surface area (Å²) in [5, 5.41) is 21.7. The molecule has 0 aliphatic heterocycles. The van der Waals surface area contributed by atoms with Crippen LogP contribution in [-0.2, 0) is 9.59 Å². The van der Waals surface area contributed by atoms with Gasteiger partial charge in [0.1, 0.15) is 11.6 Å². The third-order valence-electron chi connectivity index (χ3n) is 4.05. The lowest BCUT2D eigenvalue weighted by molar-refractivity contribution is -0.144. The Morgan fingerprint density at radius 1 is 1.28 bits per heavy atom. The second-order valence-electron chi connectivity index (χ2n) is 6.01. The van der Waals surface area contributed by atoms with Crippen LogP contribution in [0.25, 0.3) is 6.08 Å². The number of nitrogens with one attached hydrogen (secondary N) is 1. The lowest BCUT2D eigenvalue weighted by Gasteiger charge is -2.16. The number of benzene rings is 2. The molecule has 0 unspecified atom stereocenters. The molecule has 2 aromatic rings. The maximum Gasteiger partial charge on any atom is 0.344 e. The largest absolute Gasteiger partial charge is 0.493 e. The van der Waals surface area contributed by atoms with E-state index in [1.165, 1.54) is 20.1 Å². The number of carbonyl (C=O) groups excluding carboxylic acids is 1. The highest BCUT2D eigenvalue weighted by Gasteiger charge is 2.19. The minimum absolute atomic E-state index is 0.115. The van der Waals surface area contributed by atoms with Gasteiger partial charge in [0.05, 0.1) is 7.11 Å². The van der Waals surface area contributed by atoms with E-state index in [9.17, 15) is 14.9 Å². The number of methoxy groups -OCH3 is 1. The Labute approximate surface area is 173 Å². The van der Waals surface area contributed by atoms with Crippen molar-refractivity contribution in [1.29, 1.82) is 5.26 Å². The summed E-state index contributed by atoms with van der Waals surface area (Å²) in [5.41, 5.74) is 1.27. The average Bonchev–Trinajstić information content (AvgIpc) is 2.70. The molecule has 0 aliphatic carbocycles. The number of carboxylic acids is 1. The quantitative estimate of drug-likeness (QED) is 0.522. The van der Waals surface area contributed by atoms with Crippen LogP contribution in [0.2, 0.25) is 5.02 Å². The molecule has 0 saturated heterocycles. The number of hydrogen-bond acceptors (Lipinski definition) is 5. The van der Waals surface area contributed by atoms with Crippen molar-refractivity contribution in [3.8, 4) is 17.6 Å². The standard InChI is InChI=1S/C21H19ClN2O5/c1-12-16(22)7-5-8-17(12)24-20(25)15(11-23)10-14-6-4-9-18(28-3)19(14)29-13(2)21(26)27/h4-10,13H,1-3H3,(H,24,25)(H,26,27)/b15-10-/t13-/m0/s1. The van der Waals surface area contributed by atoms with Crippen molar-refractivity contribution in [2.24, 2.45) is 0 Å². The zero-order chi connectivity index (χ0) is 21.6. The van der Waals surface area contributed by atoms with Crippen molar-refractivity contribution in [3.63, 3.8) is 0 Å². The normalized spacial score (nSPS) is 11.9. The lowest BCUT2D eigenvalue weighted by atomic mass is 10.1. The van der Waals surface area contributed by atoms with Crippen LogP contribution in [0.1, 0.15) is 18.1 Å². The summed E-state index contributed by atoms with van der Waals surface area (Å²) in [6, 6.07) is 11.7. The van der Waals surface area contributed by atoms with Gasteiger partial charge in [0.15, 0.2) is 17.6 Å². The van der Waals surface area contributed by atoms with E-state index in [1.54, 1.807) is 43.3 Å². The monoisotopic (exact) mass is 414 g/mol. The third-order valence-corrected chi connectivity index (χ3v) is 4.46. The first-order chi connectivity index (χ1) is 13.8. The van der Waals surface area contributed by atoms with E-state index in [0.717, 1.165) is 0 Å². The van der Waals surface area contributed by atoms with Crippen molar-refractivity contribution in [1.82, 2.24) is 0 Å². The number of para-hydroxylation sites is 1. The minimum atomic E-state index is -1.17. The maximum atomic E-state index is 12.6. The van der Waals surface area contributed by atoms with Crippen LogP contribution in [0.5, 0.6) is 11.5 Å². The third kappa shape index (κ3) is 5.27. The van der Waals surface area contributed by atoms with Gasteiger partial charge in [-0.15, -0.1) is 0 Å². The van der Waals surface area contributed by atoms with Crippen LogP contribution in [-0.4, -0.2) is 30.2 Å². The van der Waals surface area contributed by atoms with Crippen LogP contribution < -0.4 is 14.8 Å². The summed E-state index contributed by atoms with van der Waals surface area (Å²) in [5.74, 6) is -1.42. The number of aliphatic carboxylic acids is 1. The molecule has 0 spiro atoms. The van der Waals surface area contributed by atoms with Gasteiger partial charge in [-0.05, 0) is 43.7 Å².